The van der Waals surface area contributed by atoms with Crippen LogP contribution in [0, 0.1) is 11.8 Å². The molecule has 2 heteroatoms. The second kappa shape index (κ2) is 7.24. The van der Waals surface area contributed by atoms with Crippen LogP contribution in [0.15, 0.2) is 0 Å². The van der Waals surface area contributed by atoms with Crippen molar-refractivity contribution in [3.05, 3.63) is 0 Å². The molecule has 3 atom stereocenters. The molecule has 0 spiro atoms. The van der Waals surface area contributed by atoms with Crippen LogP contribution in [0.25, 0.3) is 0 Å². The Balaban J connectivity index is 2.37. The van der Waals surface area contributed by atoms with Crippen molar-refractivity contribution in [1.29, 1.82) is 0 Å². The van der Waals surface area contributed by atoms with Gasteiger partial charge in [0.15, 0.2) is 0 Å². The second-order valence-corrected chi connectivity index (χ2v) is 4.83. The van der Waals surface area contributed by atoms with Crippen LogP contribution in [-0.4, -0.2) is 25.8 Å². The van der Waals surface area contributed by atoms with Gasteiger partial charge in [-0.3, -0.25) is 0 Å². The van der Waals surface area contributed by atoms with Crippen LogP contribution in [0.3, 0.4) is 0 Å². The summed E-state index contributed by atoms with van der Waals surface area (Å²) in [6.07, 6.45) is 5.07. The number of ether oxygens (including phenoxy) is 1. The summed E-state index contributed by atoms with van der Waals surface area (Å²) in [5, 5.41) is 3.69. The van der Waals surface area contributed by atoms with Gasteiger partial charge in [0.05, 0.1) is 0 Å². The SMILES string of the molecule is CCCNC(CCC)C(C)C1CCOC1. The number of hydrogen-bond donors (Lipinski definition) is 1. The van der Waals surface area contributed by atoms with E-state index in [1.54, 1.807) is 0 Å². The standard InChI is InChI=1S/C13H27NO/c1-4-6-13(14-8-5-2)11(3)12-7-9-15-10-12/h11-14H,4-10H2,1-3H3. The zero-order valence-corrected chi connectivity index (χ0v) is 10.6. The molecule has 15 heavy (non-hydrogen) atoms. The van der Waals surface area contributed by atoms with E-state index in [0.717, 1.165) is 31.6 Å². The van der Waals surface area contributed by atoms with Gasteiger partial charge in [-0.15, -0.1) is 0 Å². The van der Waals surface area contributed by atoms with E-state index < -0.39 is 0 Å². The summed E-state index contributed by atoms with van der Waals surface area (Å²) < 4.78 is 5.48. The van der Waals surface area contributed by atoms with Crippen LogP contribution in [0.2, 0.25) is 0 Å². The number of nitrogens with one attached hydrogen (secondary N) is 1. The maximum absolute atomic E-state index is 5.48. The average molecular weight is 213 g/mol. The first-order valence-corrected chi connectivity index (χ1v) is 6.60. The molecule has 1 aliphatic heterocycles. The number of rotatable bonds is 7. The molecular weight excluding hydrogens is 186 g/mol. The Bertz CT molecular complexity index is 155. The van der Waals surface area contributed by atoms with E-state index in [1.807, 2.05) is 0 Å². The van der Waals surface area contributed by atoms with Gasteiger partial charge in [-0.1, -0.05) is 27.2 Å². The molecule has 0 aromatic rings. The first-order valence-electron chi connectivity index (χ1n) is 6.60. The second-order valence-electron chi connectivity index (χ2n) is 4.83. The van der Waals surface area contributed by atoms with E-state index in [9.17, 15) is 0 Å². The summed E-state index contributed by atoms with van der Waals surface area (Å²) in [5.74, 6) is 1.55. The van der Waals surface area contributed by atoms with Crippen molar-refractivity contribution >= 4 is 0 Å². The van der Waals surface area contributed by atoms with Gasteiger partial charge >= 0.3 is 0 Å². The molecule has 2 nitrogen and oxygen atoms in total. The highest BCUT2D eigenvalue weighted by Gasteiger charge is 2.27. The highest BCUT2D eigenvalue weighted by molar-refractivity contribution is 4.80. The molecule has 1 fully saturated rings. The molecule has 0 aromatic carbocycles. The maximum Gasteiger partial charge on any atom is 0.0498 e. The van der Waals surface area contributed by atoms with Gasteiger partial charge in [0, 0.05) is 19.3 Å². The maximum atomic E-state index is 5.48. The van der Waals surface area contributed by atoms with E-state index in [1.165, 1.54) is 25.7 Å². The molecular formula is C13H27NO. The summed E-state index contributed by atoms with van der Waals surface area (Å²) in [6, 6.07) is 0.696. The quantitative estimate of drug-likeness (QED) is 0.702. The Morgan fingerprint density at radius 3 is 2.67 bits per heavy atom. The van der Waals surface area contributed by atoms with Gasteiger partial charge < -0.3 is 10.1 Å². The smallest absolute Gasteiger partial charge is 0.0498 e. The number of hydrogen-bond acceptors (Lipinski definition) is 2. The van der Waals surface area contributed by atoms with E-state index >= 15 is 0 Å². The molecule has 0 aliphatic carbocycles. The molecule has 0 bridgehead atoms. The van der Waals surface area contributed by atoms with E-state index in [4.69, 9.17) is 4.74 Å². The minimum absolute atomic E-state index is 0.696. The van der Waals surface area contributed by atoms with Gasteiger partial charge in [0.2, 0.25) is 0 Å². The van der Waals surface area contributed by atoms with Crippen LogP contribution in [0.1, 0.15) is 46.5 Å². The fourth-order valence-electron chi connectivity index (χ4n) is 2.49. The Kier molecular flexibility index (Phi) is 6.26. The van der Waals surface area contributed by atoms with Crippen molar-refractivity contribution in [2.24, 2.45) is 11.8 Å². The van der Waals surface area contributed by atoms with E-state index in [-0.39, 0.29) is 0 Å². The summed E-state index contributed by atoms with van der Waals surface area (Å²) in [7, 11) is 0. The third kappa shape index (κ3) is 4.12. The Labute approximate surface area is 94.8 Å². The van der Waals surface area contributed by atoms with Crippen molar-refractivity contribution in [2.75, 3.05) is 19.8 Å². The lowest BCUT2D eigenvalue weighted by molar-refractivity contribution is 0.163. The first-order chi connectivity index (χ1) is 7.29. The highest BCUT2D eigenvalue weighted by Crippen LogP contribution is 2.26. The highest BCUT2D eigenvalue weighted by atomic mass is 16.5. The Hall–Kier alpha value is -0.0800. The van der Waals surface area contributed by atoms with E-state index in [2.05, 4.69) is 26.1 Å². The zero-order valence-electron chi connectivity index (χ0n) is 10.6. The molecule has 90 valence electrons. The minimum Gasteiger partial charge on any atom is -0.381 e. The van der Waals surface area contributed by atoms with Crippen LogP contribution < -0.4 is 5.32 Å². The van der Waals surface area contributed by atoms with Crippen LogP contribution in [0.5, 0.6) is 0 Å². The summed E-state index contributed by atoms with van der Waals surface area (Å²) in [6.45, 7) is 10.0. The summed E-state index contributed by atoms with van der Waals surface area (Å²) in [4.78, 5) is 0. The molecule has 0 aromatic heterocycles. The predicted molar refractivity (Wildman–Crippen MR) is 65.1 cm³/mol. The normalized spacial score (nSPS) is 25.4. The van der Waals surface area contributed by atoms with Crippen LogP contribution >= 0.6 is 0 Å². The first kappa shape index (κ1) is 13.0. The Morgan fingerprint density at radius 1 is 1.33 bits per heavy atom. The van der Waals surface area contributed by atoms with Crippen LogP contribution in [-0.2, 0) is 4.74 Å². The lowest BCUT2D eigenvalue weighted by atomic mass is 9.85. The van der Waals surface area contributed by atoms with Gasteiger partial charge in [-0.2, -0.15) is 0 Å². The molecule has 1 saturated heterocycles. The molecule has 1 N–H and O–H groups in total. The van der Waals surface area contributed by atoms with Crippen LogP contribution in [0.4, 0.5) is 0 Å². The molecule has 0 saturated carbocycles. The topological polar surface area (TPSA) is 21.3 Å². The molecule has 0 radical (unpaired) electrons. The monoisotopic (exact) mass is 213 g/mol. The van der Waals surface area contributed by atoms with Gasteiger partial charge in [0.1, 0.15) is 0 Å². The third-order valence-corrected chi connectivity index (χ3v) is 3.60. The molecule has 1 rings (SSSR count). The zero-order chi connectivity index (χ0) is 11.1. The molecule has 1 heterocycles. The van der Waals surface area contributed by atoms with Gasteiger partial charge in [-0.25, -0.2) is 0 Å². The lowest BCUT2D eigenvalue weighted by Crippen LogP contribution is -2.39. The van der Waals surface area contributed by atoms with Crippen molar-refractivity contribution in [2.45, 2.75) is 52.5 Å². The predicted octanol–water partition coefficient (Wildman–Crippen LogP) is 2.83. The molecule has 0 amide bonds. The molecule has 1 aliphatic rings. The third-order valence-electron chi connectivity index (χ3n) is 3.60. The average Bonchev–Trinajstić information content (AvgIpc) is 2.76. The summed E-state index contributed by atoms with van der Waals surface area (Å²) >= 11 is 0. The van der Waals surface area contributed by atoms with Crippen molar-refractivity contribution in [1.82, 2.24) is 5.32 Å². The Morgan fingerprint density at radius 2 is 2.13 bits per heavy atom. The summed E-state index contributed by atoms with van der Waals surface area (Å²) in [5.41, 5.74) is 0. The molecule has 3 unspecified atom stereocenters. The van der Waals surface area contributed by atoms with Crippen molar-refractivity contribution in [3.8, 4) is 0 Å². The lowest BCUT2D eigenvalue weighted by Gasteiger charge is -2.28. The van der Waals surface area contributed by atoms with Gasteiger partial charge in [-0.05, 0) is 37.6 Å². The van der Waals surface area contributed by atoms with Crippen molar-refractivity contribution in [3.63, 3.8) is 0 Å². The minimum atomic E-state index is 0.696. The fraction of sp³-hybridized carbons (Fsp3) is 1.00. The van der Waals surface area contributed by atoms with Gasteiger partial charge in [0.25, 0.3) is 0 Å². The fourth-order valence-corrected chi connectivity index (χ4v) is 2.49. The largest absolute Gasteiger partial charge is 0.381 e. The van der Waals surface area contributed by atoms with Crippen molar-refractivity contribution < 1.29 is 4.74 Å². The van der Waals surface area contributed by atoms with E-state index in [0.29, 0.717) is 6.04 Å².